The van der Waals surface area contributed by atoms with Crippen LogP contribution in [0.5, 0.6) is 0 Å². The number of pyridine rings is 2. The molecule has 4 nitrogen and oxygen atoms in total. The molecule has 0 unspecified atom stereocenters. The Morgan fingerprint density at radius 3 is 2.57 bits per heavy atom. The van der Waals surface area contributed by atoms with Gasteiger partial charge in [0.15, 0.2) is 5.69 Å². The van der Waals surface area contributed by atoms with Gasteiger partial charge in [-0.05, 0) is 49.2 Å². The summed E-state index contributed by atoms with van der Waals surface area (Å²) in [5.74, 6) is 0. The highest BCUT2D eigenvalue weighted by Crippen LogP contribution is 2.32. The number of rotatable bonds is 3. The van der Waals surface area contributed by atoms with Crippen LogP contribution in [0.3, 0.4) is 0 Å². The van der Waals surface area contributed by atoms with Crippen molar-refractivity contribution in [3.8, 4) is 22.4 Å². The van der Waals surface area contributed by atoms with Crippen molar-refractivity contribution in [3.63, 3.8) is 0 Å². The van der Waals surface area contributed by atoms with Gasteiger partial charge in [0.25, 0.3) is 0 Å². The second kappa shape index (κ2) is 7.13. The van der Waals surface area contributed by atoms with Crippen LogP contribution in [0.4, 0.5) is 5.69 Å². The van der Waals surface area contributed by atoms with Gasteiger partial charge in [-0.3, -0.25) is 4.98 Å². The lowest BCUT2D eigenvalue weighted by Gasteiger charge is -2.09. The van der Waals surface area contributed by atoms with Gasteiger partial charge in [-0.15, -0.1) is 0 Å². The number of fused-ring (bicyclic) bond motifs is 3. The molecular formula is C26H20N4. The van der Waals surface area contributed by atoms with Crippen molar-refractivity contribution in [1.82, 2.24) is 14.5 Å². The van der Waals surface area contributed by atoms with E-state index in [4.69, 9.17) is 16.5 Å². The molecule has 0 fully saturated rings. The fraction of sp³-hybridized carbons (Fsp3) is 0.115. The van der Waals surface area contributed by atoms with Crippen LogP contribution in [0.25, 0.3) is 49.2 Å². The molecule has 0 saturated carbocycles. The Balaban J connectivity index is 1.63. The SMILES string of the molecule is [C-]#[N+]c1cccc(-c2cnc(-c3cnc4c(c3)c3ccccc3n4CC)cc2C)c1. The molecule has 0 radical (unpaired) electrons. The average molecular weight is 388 g/mol. The van der Waals surface area contributed by atoms with Gasteiger partial charge in [-0.2, -0.15) is 0 Å². The summed E-state index contributed by atoms with van der Waals surface area (Å²) in [6.45, 7) is 12.4. The van der Waals surface area contributed by atoms with Gasteiger partial charge in [0.05, 0.1) is 17.8 Å². The fourth-order valence-corrected chi connectivity index (χ4v) is 4.14. The maximum atomic E-state index is 7.24. The normalized spacial score (nSPS) is 11.1. The molecule has 0 spiro atoms. The molecule has 0 bridgehead atoms. The number of hydrogen-bond donors (Lipinski definition) is 0. The van der Waals surface area contributed by atoms with E-state index < -0.39 is 0 Å². The van der Waals surface area contributed by atoms with E-state index in [1.54, 1.807) is 0 Å². The molecule has 144 valence electrons. The number of aryl methyl sites for hydroxylation is 2. The molecule has 0 amide bonds. The Hall–Kier alpha value is -3.97. The predicted octanol–water partition coefficient (Wildman–Crippen LogP) is 6.80. The van der Waals surface area contributed by atoms with Gasteiger partial charge in [0.2, 0.25) is 0 Å². The first kappa shape index (κ1) is 18.1. The molecule has 5 aromatic rings. The minimum absolute atomic E-state index is 0.637. The third-order valence-electron chi connectivity index (χ3n) is 5.62. The zero-order valence-corrected chi connectivity index (χ0v) is 16.9. The molecule has 2 aromatic carbocycles. The van der Waals surface area contributed by atoms with Gasteiger partial charge in [-0.25, -0.2) is 9.83 Å². The van der Waals surface area contributed by atoms with Crippen LogP contribution in [0, 0.1) is 13.5 Å². The second-order valence-corrected chi connectivity index (χ2v) is 7.40. The van der Waals surface area contributed by atoms with Gasteiger partial charge in [0.1, 0.15) is 5.65 Å². The highest BCUT2D eigenvalue weighted by Gasteiger charge is 2.13. The first-order chi connectivity index (χ1) is 14.7. The molecule has 0 aliphatic rings. The number of benzene rings is 2. The topological polar surface area (TPSA) is 35.1 Å². The third-order valence-corrected chi connectivity index (χ3v) is 5.62. The molecule has 0 aliphatic heterocycles. The number of hydrogen-bond acceptors (Lipinski definition) is 2. The minimum atomic E-state index is 0.637. The third kappa shape index (κ3) is 2.84. The molecule has 30 heavy (non-hydrogen) atoms. The van der Waals surface area contributed by atoms with E-state index in [1.807, 2.05) is 36.7 Å². The number of nitrogens with zero attached hydrogens (tertiary/aromatic N) is 4. The monoisotopic (exact) mass is 388 g/mol. The Kier molecular flexibility index (Phi) is 4.30. The Morgan fingerprint density at radius 1 is 0.900 bits per heavy atom. The van der Waals surface area contributed by atoms with E-state index in [9.17, 15) is 0 Å². The van der Waals surface area contributed by atoms with Crippen LogP contribution in [-0.4, -0.2) is 14.5 Å². The molecule has 3 heterocycles. The summed E-state index contributed by atoms with van der Waals surface area (Å²) >= 11 is 0. The zero-order chi connectivity index (χ0) is 20.7. The van der Waals surface area contributed by atoms with Crippen LogP contribution < -0.4 is 0 Å². The van der Waals surface area contributed by atoms with Crippen molar-refractivity contribution in [2.24, 2.45) is 0 Å². The lowest BCUT2D eigenvalue weighted by atomic mass is 10.0. The van der Waals surface area contributed by atoms with Gasteiger partial charge in [0, 0.05) is 40.8 Å². The summed E-state index contributed by atoms with van der Waals surface area (Å²) in [5.41, 5.74) is 7.94. The smallest absolute Gasteiger partial charge is 0.187 e. The summed E-state index contributed by atoms with van der Waals surface area (Å²) in [5, 5.41) is 2.37. The van der Waals surface area contributed by atoms with E-state index in [-0.39, 0.29) is 0 Å². The maximum absolute atomic E-state index is 7.24. The summed E-state index contributed by atoms with van der Waals surface area (Å²) in [6.07, 6.45) is 3.81. The zero-order valence-electron chi connectivity index (χ0n) is 16.9. The summed E-state index contributed by atoms with van der Waals surface area (Å²) in [4.78, 5) is 13.1. The van der Waals surface area contributed by atoms with E-state index in [0.717, 1.165) is 45.5 Å². The number of aromatic nitrogens is 3. The second-order valence-electron chi connectivity index (χ2n) is 7.40. The van der Waals surface area contributed by atoms with Crippen LogP contribution in [-0.2, 0) is 6.54 Å². The summed E-state index contributed by atoms with van der Waals surface area (Å²) < 4.78 is 2.25. The van der Waals surface area contributed by atoms with Crippen molar-refractivity contribution in [2.45, 2.75) is 20.4 Å². The number of para-hydroxylation sites is 1. The molecule has 0 atom stereocenters. The predicted molar refractivity (Wildman–Crippen MR) is 123 cm³/mol. The molecule has 3 aromatic heterocycles. The van der Waals surface area contributed by atoms with Crippen LogP contribution in [0.1, 0.15) is 12.5 Å². The highest BCUT2D eigenvalue weighted by atomic mass is 15.0. The van der Waals surface area contributed by atoms with Crippen molar-refractivity contribution < 1.29 is 0 Å². The van der Waals surface area contributed by atoms with E-state index in [2.05, 4.69) is 59.7 Å². The van der Waals surface area contributed by atoms with Crippen molar-refractivity contribution in [1.29, 1.82) is 0 Å². The molecule has 4 heteroatoms. The quantitative estimate of drug-likeness (QED) is 0.319. The van der Waals surface area contributed by atoms with Crippen LogP contribution in [0.15, 0.2) is 73.1 Å². The fourth-order valence-electron chi connectivity index (χ4n) is 4.14. The summed E-state index contributed by atoms with van der Waals surface area (Å²) in [6, 6.07) is 20.4. The summed E-state index contributed by atoms with van der Waals surface area (Å²) in [7, 11) is 0. The Morgan fingerprint density at radius 2 is 1.77 bits per heavy atom. The maximum Gasteiger partial charge on any atom is 0.187 e. The lowest BCUT2D eigenvalue weighted by Crippen LogP contribution is -1.95. The van der Waals surface area contributed by atoms with Gasteiger partial charge >= 0.3 is 0 Å². The van der Waals surface area contributed by atoms with Crippen molar-refractivity contribution in [2.75, 3.05) is 0 Å². The van der Waals surface area contributed by atoms with E-state index in [1.165, 1.54) is 10.9 Å². The highest BCUT2D eigenvalue weighted by molar-refractivity contribution is 6.07. The largest absolute Gasteiger partial charge is 0.326 e. The Bertz CT molecular complexity index is 1450. The molecule has 5 rings (SSSR count). The minimum Gasteiger partial charge on any atom is -0.326 e. The Labute approximate surface area is 175 Å². The van der Waals surface area contributed by atoms with Crippen molar-refractivity contribution >= 4 is 27.6 Å². The average Bonchev–Trinajstić information content (AvgIpc) is 3.12. The lowest BCUT2D eigenvalue weighted by molar-refractivity contribution is 0.816. The molecule has 0 aliphatic carbocycles. The van der Waals surface area contributed by atoms with Gasteiger partial charge in [-0.1, -0.05) is 36.4 Å². The first-order valence-corrected chi connectivity index (χ1v) is 10.0. The van der Waals surface area contributed by atoms with Crippen LogP contribution in [0.2, 0.25) is 0 Å². The molecular weight excluding hydrogens is 368 g/mol. The van der Waals surface area contributed by atoms with E-state index in [0.29, 0.717) is 5.69 Å². The van der Waals surface area contributed by atoms with Crippen LogP contribution >= 0.6 is 0 Å². The van der Waals surface area contributed by atoms with E-state index >= 15 is 0 Å². The standard InChI is InChI=1S/C26H20N4/c1-4-30-25-11-6-5-10-21(25)22-14-19(15-29-26(22)30)24-12-17(2)23(16-28-24)18-8-7-9-20(13-18)27-3/h5-16H,4H2,1-2H3. The molecule has 0 saturated heterocycles. The van der Waals surface area contributed by atoms with Gasteiger partial charge < -0.3 is 4.57 Å². The molecule has 0 N–H and O–H groups in total. The first-order valence-electron chi connectivity index (χ1n) is 10.0. The van der Waals surface area contributed by atoms with Crippen molar-refractivity contribution in [3.05, 3.63) is 90.0 Å².